The van der Waals surface area contributed by atoms with Gasteiger partial charge in [-0.25, -0.2) is 9.97 Å². The van der Waals surface area contributed by atoms with Gasteiger partial charge in [-0.05, 0) is 31.6 Å². The molecule has 1 aliphatic rings. The summed E-state index contributed by atoms with van der Waals surface area (Å²) in [5.74, 6) is 2.25. The summed E-state index contributed by atoms with van der Waals surface area (Å²) in [6, 6.07) is 0. The number of piperidine rings is 1. The van der Waals surface area contributed by atoms with Crippen molar-refractivity contribution in [3.05, 3.63) is 12.4 Å². The van der Waals surface area contributed by atoms with E-state index in [4.69, 9.17) is 9.47 Å². The summed E-state index contributed by atoms with van der Waals surface area (Å²) in [5, 5.41) is 0. The molecule has 1 atom stereocenters. The highest BCUT2D eigenvalue weighted by molar-refractivity contribution is 5.32. The number of anilines is 1. The Morgan fingerprint density at radius 1 is 1.32 bits per heavy atom. The lowest BCUT2D eigenvalue weighted by molar-refractivity contribution is 0.184. The highest BCUT2D eigenvalue weighted by atomic mass is 16.5. The maximum atomic E-state index is 5.12. The molecule has 1 saturated heterocycles. The molecule has 0 aliphatic carbocycles. The molecule has 0 aromatic carbocycles. The third-order valence-electron chi connectivity index (χ3n) is 3.61. The van der Waals surface area contributed by atoms with Gasteiger partial charge in [0.1, 0.15) is 0 Å². The Hall–Kier alpha value is -1.36. The number of rotatable bonds is 6. The predicted molar refractivity (Wildman–Crippen MR) is 74.6 cm³/mol. The van der Waals surface area contributed by atoms with Gasteiger partial charge in [-0.1, -0.05) is 0 Å². The molecule has 19 heavy (non-hydrogen) atoms. The molecule has 5 heteroatoms. The maximum absolute atomic E-state index is 5.12. The van der Waals surface area contributed by atoms with E-state index in [1.807, 2.05) is 0 Å². The Labute approximate surface area is 115 Å². The average Bonchev–Trinajstić information content (AvgIpc) is 2.48. The molecule has 0 spiro atoms. The molecule has 0 N–H and O–H groups in total. The van der Waals surface area contributed by atoms with Crippen LogP contribution in [0.4, 0.5) is 5.95 Å². The van der Waals surface area contributed by atoms with Crippen LogP contribution in [0.5, 0.6) is 5.75 Å². The zero-order chi connectivity index (χ0) is 13.5. The molecule has 2 rings (SSSR count). The van der Waals surface area contributed by atoms with E-state index in [9.17, 15) is 0 Å². The fraction of sp³-hybridized carbons (Fsp3) is 0.714. The molecule has 5 nitrogen and oxygen atoms in total. The van der Waals surface area contributed by atoms with E-state index in [1.165, 1.54) is 19.3 Å². The molecule has 0 amide bonds. The second kappa shape index (κ2) is 7.28. The van der Waals surface area contributed by atoms with Crippen LogP contribution in [0, 0.1) is 5.92 Å². The number of hydrogen-bond donors (Lipinski definition) is 0. The number of ether oxygens (including phenoxy) is 2. The second-order valence-corrected chi connectivity index (χ2v) is 5.01. The number of nitrogens with zero attached hydrogens (tertiary/aromatic N) is 3. The van der Waals surface area contributed by atoms with Crippen molar-refractivity contribution < 1.29 is 9.47 Å². The van der Waals surface area contributed by atoms with Crippen molar-refractivity contribution in [3.8, 4) is 5.75 Å². The zero-order valence-corrected chi connectivity index (χ0v) is 11.8. The van der Waals surface area contributed by atoms with Crippen molar-refractivity contribution in [3.63, 3.8) is 0 Å². The first kappa shape index (κ1) is 14.1. The lowest BCUT2D eigenvalue weighted by Gasteiger charge is -2.32. The lowest BCUT2D eigenvalue weighted by atomic mass is 9.94. The van der Waals surface area contributed by atoms with E-state index in [0.29, 0.717) is 5.75 Å². The SMILES string of the molecule is COCCCC1CCCN(c2ncc(OC)cn2)C1. The first-order valence-electron chi connectivity index (χ1n) is 6.93. The normalized spacial score (nSPS) is 19.5. The van der Waals surface area contributed by atoms with Gasteiger partial charge in [-0.3, -0.25) is 0 Å². The van der Waals surface area contributed by atoms with Crippen LogP contribution in [-0.4, -0.2) is 43.9 Å². The monoisotopic (exact) mass is 265 g/mol. The minimum atomic E-state index is 0.706. The van der Waals surface area contributed by atoms with Gasteiger partial charge < -0.3 is 14.4 Å². The van der Waals surface area contributed by atoms with Gasteiger partial charge in [0.2, 0.25) is 5.95 Å². The lowest BCUT2D eigenvalue weighted by Crippen LogP contribution is -2.36. The topological polar surface area (TPSA) is 47.5 Å². The molecule has 1 fully saturated rings. The smallest absolute Gasteiger partial charge is 0.225 e. The molecule has 106 valence electrons. The summed E-state index contributed by atoms with van der Waals surface area (Å²) in [7, 11) is 3.39. The van der Waals surface area contributed by atoms with E-state index in [2.05, 4.69) is 14.9 Å². The van der Waals surface area contributed by atoms with Crippen LogP contribution in [0.3, 0.4) is 0 Å². The van der Waals surface area contributed by atoms with Gasteiger partial charge in [0.05, 0.1) is 19.5 Å². The van der Waals surface area contributed by atoms with Gasteiger partial charge in [0, 0.05) is 26.8 Å². The quantitative estimate of drug-likeness (QED) is 0.737. The fourth-order valence-electron chi connectivity index (χ4n) is 2.58. The molecule has 0 saturated carbocycles. The van der Waals surface area contributed by atoms with Gasteiger partial charge in [-0.15, -0.1) is 0 Å². The molecule has 1 unspecified atom stereocenters. The Morgan fingerprint density at radius 2 is 2.11 bits per heavy atom. The largest absolute Gasteiger partial charge is 0.494 e. The van der Waals surface area contributed by atoms with Crippen LogP contribution in [0.15, 0.2) is 12.4 Å². The predicted octanol–water partition coefficient (Wildman–Crippen LogP) is 2.13. The number of methoxy groups -OCH3 is 2. The van der Waals surface area contributed by atoms with Crippen molar-refractivity contribution in [2.24, 2.45) is 5.92 Å². The zero-order valence-electron chi connectivity index (χ0n) is 11.8. The standard InChI is InChI=1S/C14H23N3O2/c1-18-8-4-6-12-5-3-7-17(11-12)14-15-9-13(19-2)10-16-14/h9-10,12H,3-8,11H2,1-2H3. The van der Waals surface area contributed by atoms with Gasteiger partial charge in [0.15, 0.2) is 5.75 Å². The fourth-order valence-corrected chi connectivity index (χ4v) is 2.58. The van der Waals surface area contributed by atoms with E-state index in [1.54, 1.807) is 26.6 Å². The van der Waals surface area contributed by atoms with Crippen LogP contribution in [0.25, 0.3) is 0 Å². The number of hydrogen-bond acceptors (Lipinski definition) is 5. The summed E-state index contributed by atoms with van der Waals surface area (Å²) < 4.78 is 10.2. The van der Waals surface area contributed by atoms with Crippen LogP contribution in [0.2, 0.25) is 0 Å². The molecule has 1 aliphatic heterocycles. The van der Waals surface area contributed by atoms with Crippen LogP contribution in [-0.2, 0) is 4.74 Å². The molecular formula is C14H23N3O2. The highest BCUT2D eigenvalue weighted by Crippen LogP contribution is 2.24. The summed E-state index contributed by atoms with van der Waals surface area (Å²) in [5.41, 5.74) is 0. The van der Waals surface area contributed by atoms with E-state index in [-0.39, 0.29) is 0 Å². The summed E-state index contributed by atoms with van der Waals surface area (Å²) in [4.78, 5) is 11.0. The van der Waals surface area contributed by atoms with Crippen molar-refractivity contribution in [1.82, 2.24) is 9.97 Å². The van der Waals surface area contributed by atoms with E-state index in [0.717, 1.165) is 38.0 Å². The summed E-state index contributed by atoms with van der Waals surface area (Å²) >= 11 is 0. The minimum absolute atomic E-state index is 0.706. The van der Waals surface area contributed by atoms with Crippen molar-refractivity contribution in [1.29, 1.82) is 0 Å². The van der Waals surface area contributed by atoms with Gasteiger partial charge >= 0.3 is 0 Å². The first-order valence-corrected chi connectivity index (χ1v) is 6.93. The molecule has 1 aromatic rings. The van der Waals surface area contributed by atoms with Crippen LogP contribution >= 0.6 is 0 Å². The van der Waals surface area contributed by atoms with Crippen molar-refractivity contribution in [2.75, 3.05) is 38.8 Å². The first-order chi connectivity index (χ1) is 9.33. The second-order valence-electron chi connectivity index (χ2n) is 5.01. The Bertz CT molecular complexity index is 369. The Morgan fingerprint density at radius 3 is 2.79 bits per heavy atom. The minimum Gasteiger partial charge on any atom is -0.494 e. The third kappa shape index (κ3) is 4.06. The van der Waals surface area contributed by atoms with E-state index >= 15 is 0 Å². The van der Waals surface area contributed by atoms with Crippen molar-refractivity contribution in [2.45, 2.75) is 25.7 Å². The Balaban J connectivity index is 1.88. The van der Waals surface area contributed by atoms with Gasteiger partial charge in [-0.2, -0.15) is 0 Å². The molecule has 0 radical (unpaired) electrons. The van der Waals surface area contributed by atoms with Crippen molar-refractivity contribution >= 4 is 5.95 Å². The average molecular weight is 265 g/mol. The molecule has 2 heterocycles. The molecule has 0 bridgehead atoms. The molecule has 1 aromatic heterocycles. The third-order valence-corrected chi connectivity index (χ3v) is 3.61. The number of aromatic nitrogens is 2. The van der Waals surface area contributed by atoms with Crippen LogP contribution < -0.4 is 9.64 Å². The summed E-state index contributed by atoms with van der Waals surface area (Å²) in [6.07, 6.45) is 8.34. The highest BCUT2D eigenvalue weighted by Gasteiger charge is 2.21. The maximum Gasteiger partial charge on any atom is 0.225 e. The van der Waals surface area contributed by atoms with E-state index < -0.39 is 0 Å². The summed E-state index contributed by atoms with van der Waals surface area (Å²) in [6.45, 7) is 2.96. The van der Waals surface area contributed by atoms with Gasteiger partial charge in [0.25, 0.3) is 0 Å². The van der Waals surface area contributed by atoms with Crippen LogP contribution in [0.1, 0.15) is 25.7 Å². The molecular weight excluding hydrogens is 242 g/mol. The Kier molecular flexibility index (Phi) is 5.39.